The highest BCUT2D eigenvalue weighted by Crippen LogP contribution is 2.30. The summed E-state index contributed by atoms with van der Waals surface area (Å²) in [6.45, 7) is 13.9. The summed E-state index contributed by atoms with van der Waals surface area (Å²) >= 11 is 0. The van der Waals surface area contributed by atoms with Crippen LogP contribution in [-0.4, -0.2) is 24.9 Å². The third-order valence-electron chi connectivity index (χ3n) is 4.98. The fourth-order valence-corrected chi connectivity index (χ4v) is 2.97. The summed E-state index contributed by atoms with van der Waals surface area (Å²) in [5.41, 5.74) is 9.26. The van der Waals surface area contributed by atoms with Crippen LogP contribution in [0.4, 0.5) is 5.69 Å². The Balaban J connectivity index is 0.00000480. The molecule has 0 saturated carbocycles. The number of hydrogen-bond donors (Lipinski definition) is 3. The summed E-state index contributed by atoms with van der Waals surface area (Å²) < 4.78 is 0. The van der Waals surface area contributed by atoms with Gasteiger partial charge in [0.25, 0.3) is 11.8 Å². The first-order chi connectivity index (χ1) is 13.9. The zero-order chi connectivity index (χ0) is 22.5. The molecule has 0 spiro atoms. The van der Waals surface area contributed by atoms with Gasteiger partial charge in [0.1, 0.15) is 0 Å². The van der Waals surface area contributed by atoms with Gasteiger partial charge in [0.05, 0.1) is 0 Å². The van der Waals surface area contributed by atoms with Crippen molar-refractivity contribution in [2.24, 2.45) is 5.73 Å². The number of rotatable bonds is 6. The molecular weight excluding hydrogens is 410 g/mol. The number of carbonyl (C=O) groups is 2. The second kappa shape index (κ2) is 10.8. The fourth-order valence-electron chi connectivity index (χ4n) is 2.97. The summed E-state index contributed by atoms with van der Waals surface area (Å²) in [7, 11) is 0. The lowest BCUT2D eigenvalue weighted by Gasteiger charge is -2.26. The van der Waals surface area contributed by atoms with E-state index >= 15 is 0 Å². The van der Waals surface area contributed by atoms with Crippen LogP contribution in [0.5, 0.6) is 0 Å². The molecule has 0 heterocycles. The molecule has 0 aromatic heterocycles. The highest BCUT2D eigenvalue weighted by Gasteiger charge is 2.22. The minimum absolute atomic E-state index is 0. The van der Waals surface area contributed by atoms with Crippen LogP contribution in [0.2, 0.25) is 0 Å². The molecule has 2 aromatic rings. The van der Waals surface area contributed by atoms with Crippen molar-refractivity contribution >= 4 is 29.9 Å². The van der Waals surface area contributed by atoms with Crippen molar-refractivity contribution in [3.63, 3.8) is 0 Å². The van der Waals surface area contributed by atoms with Gasteiger partial charge in [-0.3, -0.25) is 9.59 Å². The van der Waals surface area contributed by atoms with E-state index in [2.05, 4.69) is 58.2 Å². The first-order valence-corrected chi connectivity index (χ1v) is 10.5. The molecule has 0 fully saturated rings. The van der Waals surface area contributed by atoms with Crippen molar-refractivity contribution in [2.75, 3.05) is 18.4 Å². The van der Waals surface area contributed by atoms with E-state index in [0.29, 0.717) is 29.9 Å². The van der Waals surface area contributed by atoms with E-state index in [1.807, 2.05) is 12.1 Å². The van der Waals surface area contributed by atoms with Crippen molar-refractivity contribution in [3.05, 3.63) is 64.7 Å². The van der Waals surface area contributed by atoms with Gasteiger partial charge < -0.3 is 16.4 Å². The van der Waals surface area contributed by atoms with Gasteiger partial charge in [-0.25, -0.2) is 0 Å². The number of halogens is 1. The van der Waals surface area contributed by atoms with E-state index < -0.39 is 0 Å². The maximum atomic E-state index is 13.0. The Labute approximate surface area is 192 Å². The number of carbonyl (C=O) groups excluding carboxylic acids is 2. The quantitative estimate of drug-likeness (QED) is 0.545. The summed E-state index contributed by atoms with van der Waals surface area (Å²) in [5, 5.41) is 5.77. The van der Waals surface area contributed by atoms with Gasteiger partial charge in [0.2, 0.25) is 0 Å². The van der Waals surface area contributed by atoms with E-state index in [9.17, 15) is 9.59 Å². The molecule has 0 aliphatic heterocycles. The molecule has 0 atom stereocenters. The van der Waals surface area contributed by atoms with Gasteiger partial charge in [0.15, 0.2) is 0 Å². The Kier molecular flexibility index (Phi) is 9.27. The maximum Gasteiger partial charge on any atom is 0.255 e. The zero-order valence-corrected chi connectivity index (χ0v) is 20.3. The molecule has 2 rings (SSSR count). The monoisotopic (exact) mass is 445 g/mol. The van der Waals surface area contributed by atoms with Crippen LogP contribution in [-0.2, 0) is 10.8 Å². The van der Waals surface area contributed by atoms with Crippen molar-refractivity contribution in [2.45, 2.75) is 58.8 Å². The predicted molar refractivity (Wildman–Crippen MR) is 131 cm³/mol. The molecule has 0 aliphatic carbocycles. The van der Waals surface area contributed by atoms with Crippen LogP contribution in [0.15, 0.2) is 42.5 Å². The van der Waals surface area contributed by atoms with Crippen molar-refractivity contribution in [1.82, 2.24) is 5.32 Å². The van der Waals surface area contributed by atoms with E-state index in [-0.39, 0.29) is 35.1 Å². The Hall–Kier alpha value is -2.37. The Bertz CT molecular complexity index is 879. The minimum atomic E-state index is -0.188. The molecular formula is C25H36ClN3O2. The highest BCUT2D eigenvalue weighted by molar-refractivity contribution is 6.05. The molecule has 0 radical (unpaired) electrons. The van der Waals surface area contributed by atoms with Crippen molar-refractivity contribution < 1.29 is 9.59 Å². The molecule has 31 heavy (non-hydrogen) atoms. The normalized spacial score (nSPS) is 11.5. The number of nitrogens with one attached hydrogen (secondary N) is 2. The van der Waals surface area contributed by atoms with E-state index in [0.717, 1.165) is 17.5 Å². The minimum Gasteiger partial charge on any atom is -0.352 e. The summed E-state index contributed by atoms with van der Waals surface area (Å²) in [6.07, 6.45) is 0.725. The van der Waals surface area contributed by atoms with E-state index in [1.165, 1.54) is 0 Å². The summed E-state index contributed by atoms with van der Waals surface area (Å²) in [4.78, 5) is 25.3. The zero-order valence-electron chi connectivity index (χ0n) is 19.5. The average Bonchev–Trinajstić information content (AvgIpc) is 2.66. The van der Waals surface area contributed by atoms with Gasteiger partial charge >= 0.3 is 0 Å². The Morgan fingerprint density at radius 3 is 1.94 bits per heavy atom. The topological polar surface area (TPSA) is 84.2 Å². The largest absolute Gasteiger partial charge is 0.352 e. The number of benzene rings is 2. The predicted octanol–water partition coefficient (Wildman–Crippen LogP) is 5.03. The third-order valence-corrected chi connectivity index (χ3v) is 4.98. The highest BCUT2D eigenvalue weighted by atomic mass is 35.5. The van der Waals surface area contributed by atoms with Crippen LogP contribution in [0.1, 0.15) is 79.8 Å². The lowest BCUT2D eigenvalue weighted by Crippen LogP contribution is -2.26. The molecule has 5 nitrogen and oxygen atoms in total. The first kappa shape index (κ1) is 26.7. The molecule has 2 aromatic carbocycles. The van der Waals surface area contributed by atoms with Crippen LogP contribution < -0.4 is 16.4 Å². The van der Waals surface area contributed by atoms with Gasteiger partial charge in [-0.2, -0.15) is 0 Å². The SMILES string of the molecule is CC(C)(C)c1cc(C(=O)Nc2cccc(C(=O)NCCCN)c2)cc(C(C)(C)C)c1.Cl. The number of amides is 2. The molecule has 6 heteroatoms. The standard InChI is InChI=1S/C25H35N3O2.ClH/c1-24(2,3)19-13-18(14-20(16-19)25(4,5)6)23(30)28-21-10-7-9-17(15-21)22(29)27-12-8-11-26;/h7,9-10,13-16H,8,11-12,26H2,1-6H3,(H,27,29)(H,28,30);1H. The van der Waals surface area contributed by atoms with Gasteiger partial charge in [-0.05, 0) is 65.3 Å². The second-order valence-corrected chi connectivity index (χ2v) is 9.73. The average molecular weight is 446 g/mol. The second-order valence-electron chi connectivity index (χ2n) is 9.73. The Morgan fingerprint density at radius 2 is 1.42 bits per heavy atom. The van der Waals surface area contributed by atoms with E-state index in [1.54, 1.807) is 24.3 Å². The number of nitrogens with two attached hydrogens (primary N) is 1. The molecule has 0 bridgehead atoms. The number of hydrogen-bond acceptors (Lipinski definition) is 3. The lowest BCUT2D eigenvalue weighted by molar-refractivity contribution is 0.0952. The Morgan fingerprint density at radius 1 is 0.839 bits per heavy atom. The van der Waals surface area contributed by atoms with Gasteiger partial charge in [0, 0.05) is 23.4 Å². The van der Waals surface area contributed by atoms with Crippen molar-refractivity contribution in [1.29, 1.82) is 0 Å². The first-order valence-electron chi connectivity index (χ1n) is 10.5. The molecule has 0 unspecified atom stereocenters. The smallest absolute Gasteiger partial charge is 0.255 e. The molecule has 170 valence electrons. The van der Waals surface area contributed by atoms with Crippen LogP contribution >= 0.6 is 12.4 Å². The lowest BCUT2D eigenvalue weighted by atomic mass is 9.79. The van der Waals surface area contributed by atoms with Crippen LogP contribution in [0.3, 0.4) is 0 Å². The third kappa shape index (κ3) is 7.67. The van der Waals surface area contributed by atoms with Gasteiger partial charge in [-0.1, -0.05) is 53.7 Å². The summed E-state index contributed by atoms with van der Waals surface area (Å²) in [5.74, 6) is -0.364. The molecule has 0 aliphatic rings. The molecule has 2 amide bonds. The van der Waals surface area contributed by atoms with Crippen LogP contribution in [0, 0.1) is 0 Å². The van der Waals surface area contributed by atoms with E-state index in [4.69, 9.17) is 5.73 Å². The molecule has 0 saturated heterocycles. The summed E-state index contributed by atoms with van der Waals surface area (Å²) in [6, 6.07) is 13.1. The van der Waals surface area contributed by atoms with Gasteiger partial charge in [-0.15, -0.1) is 12.4 Å². The fraction of sp³-hybridized carbons (Fsp3) is 0.440. The maximum absolute atomic E-state index is 13.0. The molecule has 4 N–H and O–H groups in total. The van der Waals surface area contributed by atoms with Crippen LogP contribution in [0.25, 0.3) is 0 Å². The number of anilines is 1. The van der Waals surface area contributed by atoms with Crippen molar-refractivity contribution in [3.8, 4) is 0 Å².